The van der Waals surface area contributed by atoms with Gasteiger partial charge in [-0.2, -0.15) is 10.4 Å². The molecule has 130 valence electrons. The Hall–Kier alpha value is -2.87. The fourth-order valence-electron chi connectivity index (χ4n) is 2.48. The van der Waals surface area contributed by atoms with Gasteiger partial charge in [0.15, 0.2) is 0 Å². The van der Waals surface area contributed by atoms with Crippen LogP contribution in [0.5, 0.6) is 5.75 Å². The van der Waals surface area contributed by atoms with Gasteiger partial charge in [-0.15, -0.1) is 0 Å². The lowest BCUT2D eigenvalue weighted by Gasteiger charge is -2.07. The van der Waals surface area contributed by atoms with Crippen molar-refractivity contribution in [2.45, 2.75) is 40.0 Å². The summed E-state index contributed by atoms with van der Waals surface area (Å²) in [5.74, 6) is 0.823. The second-order valence-electron chi connectivity index (χ2n) is 5.94. The molecule has 25 heavy (non-hydrogen) atoms. The van der Waals surface area contributed by atoms with E-state index in [9.17, 15) is 4.79 Å². The van der Waals surface area contributed by atoms with Crippen molar-refractivity contribution in [3.63, 3.8) is 0 Å². The van der Waals surface area contributed by atoms with Gasteiger partial charge in [0, 0.05) is 5.69 Å². The van der Waals surface area contributed by atoms with Gasteiger partial charge in [0.1, 0.15) is 17.4 Å². The Morgan fingerprint density at radius 3 is 2.60 bits per heavy atom. The summed E-state index contributed by atoms with van der Waals surface area (Å²) < 4.78 is 6.92. The first-order valence-corrected chi connectivity index (χ1v) is 8.47. The molecule has 5 nitrogen and oxygen atoms in total. The molecule has 0 spiro atoms. The average Bonchev–Trinajstić information content (AvgIpc) is 2.60. The number of hydrogen-bond acceptors (Lipinski definition) is 4. The number of benzene rings is 1. The molecule has 1 heterocycles. The van der Waals surface area contributed by atoms with Gasteiger partial charge >= 0.3 is 0 Å². The molecule has 0 aliphatic carbocycles. The van der Waals surface area contributed by atoms with Crippen LogP contribution in [0.15, 0.2) is 40.2 Å². The summed E-state index contributed by atoms with van der Waals surface area (Å²) in [4.78, 5) is 12.3. The molecule has 5 heteroatoms. The van der Waals surface area contributed by atoms with Gasteiger partial charge in [0.25, 0.3) is 5.56 Å². The average molecular weight is 337 g/mol. The number of aryl methyl sites for hydroxylation is 2. The van der Waals surface area contributed by atoms with Crippen molar-refractivity contribution in [2.75, 3.05) is 6.61 Å². The summed E-state index contributed by atoms with van der Waals surface area (Å²) in [6.45, 7) is 6.42. The first-order chi connectivity index (χ1) is 12.1. The number of nitrogens with zero attached hydrogens (tertiary/aromatic N) is 3. The number of aromatic nitrogens is 1. The molecular formula is C20H23N3O2. The third-order valence-electron chi connectivity index (χ3n) is 3.89. The van der Waals surface area contributed by atoms with Crippen LogP contribution in [0, 0.1) is 25.2 Å². The van der Waals surface area contributed by atoms with E-state index in [2.05, 4.69) is 12.0 Å². The SMILES string of the molecule is CCCCCOc1ccc(/C=N/n2c(C)cc(C)c(C#N)c2=O)cc1. The van der Waals surface area contributed by atoms with Gasteiger partial charge in [-0.1, -0.05) is 19.8 Å². The summed E-state index contributed by atoms with van der Waals surface area (Å²) in [5.41, 5.74) is 1.94. The lowest BCUT2D eigenvalue weighted by Crippen LogP contribution is -2.22. The standard InChI is InChI=1S/C20H23N3O2/c1-4-5-6-11-25-18-9-7-17(8-10-18)14-22-23-16(3)12-15(2)19(13-21)20(23)24/h7-10,12,14H,4-6,11H2,1-3H3/b22-14+. The van der Waals surface area contributed by atoms with E-state index < -0.39 is 5.56 Å². The maximum atomic E-state index is 12.3. The van der Waals surface area contributed by atoms with Gasteiger partial charge in [-0.3, -0.25) is 4.79 Å². The number of unbranched alkanes of at least 4 members (excludes halogenated alkanes) is 2. The second kappa shape index (κ2) is 8.84. The third-order valence-corrected chi connectivity index (χ3v) is 3.89. The van der Waals surface area contributed by atoms with E-state index in [0.717, 1.165) is 24.3 Å². The third kappa shape index (κ3) is 4.80. The predicted octanol–water partition coefficient (Wildman–Crippen LogP) is 3.79. The Bertz CT molecular complexity index is 843. The molecule has 0 aliphatic rings. The lowest BCUT2D eigenvalue weighted by molar-refractivity contribution is 0.306. The summed E-state index contributed by atoms with van der Waals surface area (Å²) in [7, 11) is 0. The van der Waals surface area contributed by atoms with Crippen molar-refractivity contribution in [2.24, 2.45) is 5.10 Å². The van der Waals surface area contributed by atoms with Crippen molar-refractivity contribution in [3.05, 3.63) is 63.1 Å². The molecule has 0 amide bonds. The van der Waals surface area contributed by atoms with Gasteiger partial charge in [-0.25, -0.2) is 4.68 Å². The highest BCUT2D eigenvalue weighted by molar-refractivity contribution is 5.79. The normalized spacial score (nSPS) is 10.8. The van der Waals surface area contributed by atoms with Gasteiger partial charge < -0.3 is 4.74 Å². The van der Waals surface area contributed by atoms with Crippen molar-refractivity contribution in [3.8, 4) is 11.8 Å². The zero-order valence-electron chi connectivity index (χ0n) is 15.0. The van der Waals surface area contributed by atoms with Crippen LogP contribution in [-0.4, -0.2) is 17.5 Å². The minimum Gasteiger partial charge on any atom is -0.494 e. The van der Waals surface area contributed by atoms with E-state index in [-0.39, 0.29) is 5.56 Å². The fraction of sp³-hybridized carbons (Fsp3) is 0.350. The maximum absolute atomic E-state index is 12.3. The van der Waals surface area contributed by atoms with Crippen LogP contribution in [0.4, 0.5) is 0 Å². The van der Waals surface area contributed by atoms with Crippen LogP contribution in [0.3, 0.4) is 0 Å². The number of pyridine rings is 1. The van der Waals surface area contributed by atoms with Gasteiger partial charge in [-0.05, 0) is 61.7 Å². The summed E-state index contributed by atoms with van der Waals surface area (Å²) in [5, 5.41) is 13.3. The number of rotatable bonds is 7. The number of nitriles is 1. The molecule has 2 rings (SSSR count). The predicted molar refractivity (Wildman–Crippen MR) is 99.3 cm³/mol. The Labute approximate surface area is 148 Å². The van der Waals surface area contributed by atoms with Gasteiger partial charge in [0.2, 0.25) is 0 Å². The highest BCUT2D eigenvalue weighted by atomic mass is 16.5. The molecule has 0 atom stereocenters. The highest BCUT2D eigenvalue weighted by Crippen LogP contribution is 2.12. The van der Waals surface area contributed by atoms with Crippen molar-refractivity contribution in [1.82, 2.24) is 4.68 Å². The molecule has 0 saturated carbocycles. The quantitative estimate of drug-likeness (QED) is 0.570. The van der Waals surface area contributed by atoms with Crippen LogP contribution in [0.2, 0.25) is 0 Å². The van der Waals surface area contributed by atoms with Crippen LogP contribution < -0.4 is 10.3 Å². The molecule has 0 aliphatic heterocycles. The molecule has 1 aromatic heterocycles. The minimum absolute atomic E-state index is 0.124. The zero-order valence-corrected chi connectivity index (χ0v) is 15.0. The molecule has 0 fully saturated rings. The van der Waals surface area contributed by atoms with E-state index in [4.69, 9.17) is 10.00 Å². The second-order valence-corrected chi connectivity index (χ2v) is 5.94. The highest BCUT2D eigenvalue weighted by Gasteiger charge is 2.08. The molecule has 0 N–H and O–H groups in total. The number of ether oxygens (including phenoxy) is 1. The molecule has 0 radical (unpaired) electrons. The van der Waals surface area contributed by atoms with E-state index in [1.54, 1.807) is 26.1 Å². The number of hydrogen-bond donors (Lipinski definition) is 0. The first-order valence-electron chi connectivity index (χ1n) is 8.47. The molecule has 2 aromatic rings. The van der Waals surface area contributed by atoms with Crippen molar-refractivity contribution in [1.29, 1.82) is 5.26 Å². The summed E-state index contributed by atoms with van der Waals surface area (Å²) in [6.07, 6.45) is 4.99. The zero-order chi connectivity index (χ0) is 18.2. The Morgan fingerprint density at radius 2 is 1.96 bits per heavy atom. The Kier molecular flexibility index (Phi) is 6.53. The molecule has 0 bridgehead atoms. The van der Waals surface area contributed by atoms with Gasteiger partial charge in [0.05, 0.1) is 12.8 Å². The first kappa shape index (κ1) is 18.5. The van der Waals surface area contributed by atoms with Crippen LogP contribution in [0.1, 0.15) is 48.6 Å². The van der Waals surface area contributed by atoms with E-state index in [0.29, 0.717) is 11.3 Å². The largest absolute Gasteiger partial charge is 0.494 e. The molecule has 0 unspecified atom stereocenters. The molecule has 1 aromatic carbocycles. The molecule has 0 saturated heterocycles. The monoisotopic (exact) mass is 337 g/mol. The minimum atomic E-state index is -0.396. The van der Waals surface area contributed by atoms with Crippen LogP contribution >= 0.6 is 0 Å². The van der Waals surface area contributed by atoms with Crippen LogP contribution in [-0.2, 0) is 0 Å². The topological polar surface area (TPSA) is 67.4 Å². The smallest absolute Gasteiger partial charge is 0.289 e. The Morgan fingerprint density at radius 1 is 1.24 bits per heavy atom. The van der Waals surface area contributed by atoms with E-state index in [1.165, 1.54) is 17.5 Å². The molecular weight excluding hydrogens is 314 g/mol. The van der Waals surface area contributed by atoms with E-state index in [1.807, 2.05) is 30.3 Å². The van der Waals surface area contributed by atoms with Crippen molar-refractivity contribution < 1.29 is 4.74 Å². The summed E-state index contributed by atoms with van der Waals surface area (Å²) >= 11 is 0. The Balaban J connectivity index is 2.13. The van der Waals surface area contributed by atoms with Crippen molar-refractivity contribution >= 4 is 6.21 Å². The summed E-state index contributed by atoms with van der Waals surface area (Å²) in [6, 6.07) is 11.3. The fourth-order valence-corrected chi connectivity index (χ4v) is 2.48. The van der Waals surface area contributed by atoms with Crippen LogP contribution in [0.25, 0.3) is 0 Å². The lowest BCUT2D eigenvalue weighted by atomic mass is 10.1. The van der Waals surface area contributed by atoms with E-state index >= 15 is 0 Å². The maximum Gasteiger partial charge on any atom is 0.289 e.